The SMILES string of the molecule is Cc1cncc(N2C(=O)CC[C@H]2C(=O)N(c2cccc(F)c2)[C@@H](C(=O)NC2CC(F)(F)C2)c2ccccc2Cl)c1. The molecule has 1 aromatic heterocycles. The fourth-order valence-electron chi connectivity index (χ4n) is 5.24. The van der Waals surface area contributed by atoms with Gasteiger partial charge < -0.3 is 5.32 Å². The lowest BCUT2D eigenvalue weighted by Gasteiger charge is -2.39. The zero-order valence-electron chi connectivity index (χ0n) is 21.5. The van der Waals surface area contributed by atoms with Gasteiger partial charge in [-0.25, -0.2) is 13.2 Å². The maximum Gasteiger partial charge on any atom is 0.252 e. The Kier molecular flexibility index (Phi) is 7.55. The van der Waals surface area contributed by atoms with Gasteiger partial charge in [0.1, 0.15) is 17.9 Å². The lowest BCUT2D eigenvalue weighted by atomic mass is 9.87. The molecule has 11 heteroatoms. The van der Waals surface area contributed by atoms with Crippen molar-refractivity contribution in [3.8, 4) is 0 Å². The molecule has 3 amide bonds. The van der Waals surface area contributed by atoms with Crippen molar-refractivity contribution in [2.24, 2.45) is 0 Å². The van der Waals surface area contributed by atoms with Crippen LogP contribution in [0.25, 0.3) is 0 Å². The molecule has 3 aromatic rings. The van der Waals surface area contributed by atoms with Crippen LogP contribution in [-0.2, 0) is 14.4 Å². The Morgan fingerprint density at radius 3 is 2.55 bits per heavy atom. The number of amides is 3. The Hall–Kier alpha value is -3.92. The molecule has 0 bridgehead atoms. The van der Waals surface area contributed by atoms with E-state index >= 15 is 0 Å². The summed E-state index contributed by atoms with van der Waals surface area (Å²) < 4.78 is 41.7. The Morgan fingerprint density at radius 2 is 1.88 bits per heavy atom. The van der Waals surface area contributed by atoms with Gasteiger partial charge >= 0.3 is 0 Å². The van der Waals surface area contributed by atoms with Crippen molar-refractivity contribution in [3.63, 3.8) is 0 Å². The molecular weight excluding hydrogens is 545 g/mol. The second kappa shape index (κ2) is 10.9. The molecule has 208 valence electrons. The lowest BCUT2D eigenvalue weighted by Crippen LogP contribution is -2.56. The van der Waals surface area contributed by atoms with Gasteiger partial charge in [0.25, 0.3) is 11.8 Å². The van der Waals surface area contributed by atoms with E-state index in [2.05, 4.69) is 10.3 Å². The Bertz CT molecular complexity index is 1460. The minimum Gasteiger partial charge on any atom is -0.351 e. The Balaban J connectivity index is 1.60. The second-order valence-electron chi connectivity index (χ2n) is 10.1. The summed E-state index contributed by atoms with van der Waals surface area (Å²) in [5.41, 5.74) is 1.45. The van der Waals surface area contributed by atoms with Crippen LogP contribution in [-0.4, -0.2) is 40.7 Å². The monoisotopic (exact) mass is 570 g/mol. The van der Waals surface area contributed by atoms with Crippen molar-refractivity contribution < 1.29 is 27.6 Å². The number of carbonyl (C=O) groups excluding carboxylic acids is 3. The van der Waals surface area contributed by atoms with Crippen LogP contribution in [0.15, 0.2) is 67.0 Å². The number of rotatable bonds is 7. The number of pyridine rings is 1. The normalized spacial score (nSPS) is 19.2. The van der Waals surface area contributed by atoms with Crippen molar-refractivity contribution in [2.45, 2.75) is 56.7 Å². The smallest absolute Gasteiger partial charge is 0.252 e. The van der Waals surface area contributed by atoms with Crippen molar-refractivity contribution in [1.29, 1.82) is 0 Å². The molecule has 40 heavy (non-hydrogen) atoms. The van der Waals surface area contributed by atoms with Crippen LogP contribution in [0.3, 0.4) is 0 Å². The van der Waals surface area contributed by atoms with E-state index in [1.165, 1.54) is 35.4 Å². The van der Waals surface area contributed by atoms with Crippen molar-refractivity contribution in [2.75, 3.05) is 9.80 Å². The van der Waals surface area contributed by atoms with Crippen LogP contribution in [0.5, 0.6) is 0 Å². The lowest BCUT2D eigenvalue weighted by molar-refractivity contribution is -0.133. The average Bonchev–Trinajstić information content (AvgIpc) is 3.27. The van der Waals surface area contributed by atoms with Gasteiger partial charge in [0.05, 0.1) is 11.9 Å². The average molecular weight is 571 g/mol. The van der Waals surface area contributed by atoms with Gasteiger partial charge in [-0.1, -0.05) is 35.9 Å². The molecule has 0 radical (unpaired) electrons. The molecule has 2 fully saturated rings. The summed E-state index contributed by atoms with van der Waals surface area (Å²) >= 11 is 6.50. The molecule has 0 spiro atoms. The third kappa shape index (κ3) is 5.54. The predicted molar refractivity (Wildman–Crippen MR) is 144 cm³/mol. The van der Waals surface area contributed by atoms with Gasteiger partial charge in [0.15, 0.2) is 0 Å². The summed E-state index contributed by atoms with van der Waals surface area (Å²) in [5.74, 6) is -5.26. The van der Waals surface area contributed by atoms with Gasteiger partial charge in [-0.2, -0.15) is 0 Å². The van der Waals surface area contributed by atoms with E-state index < -0.39 is 54.5 Å². The molecule has 2 aromatic carbocycles. The van der Waals surface area contributed by atoms with E-state index in [1.54, 1.807) is 37.4 Å². The number of nitrogens with one attached hydrogen (secondary N) is 1. The zero-order chi connectivity index (χ0) is 28.6. The first-order valence-electron chi connectivity index (χ1n) is 12.8. The number of hydrogen-bond donors (Lipinski definition) is 1. The summed E-state index contributed by atoms with van der Waals surface area (Å²) in [6, 6.07) is 9.93. The summed E-state index contributed by atoms with van der Waals surface area (Å²) in [6.07, 6.45) is 2.23. The van der Waals surface area contributed by atoms with Crippen LogP contribution < -0.4 is 15.1 Å². The van der Waals surface area contributed by atoms with Crippen molar-refractivity contribution in [1.82, 2.24) is 10.3 Å². The molecule has 1 aliphatic heterocycles. The van der Waals surface area contributed by atoms with E-state index in [0.717, 1.165) is 16.5 Å². The number of carbonyl (C=O) groups is 3. The minimum absolute atomic E-state index is 0.0469. The van der Waals surface area contributed by atoms with E-state index in [9.17, 15) is 27.6 Å². The van der Waals surface area contributed by atoms with Gasteiger partial charge in [-0.15, -0.1) is 0 Å². The first-order valence-corrected chi connectivity index (χ1v) is 13.2. The molecule has 2 heterocycles. The summed E-state index contributed by atoms with van der Waals surface area (Å²) in [7, 11) is 0. The molecule has 1 aliphatic carbocycles. The van der Waals surface area contributed by atoms with Crippen LogP contribution in [0.2, 0.25) is 5.02 Å². The number of benzene rings is 2. The minimum atomic E-state index is -2.89. The predicted octanol–water partition coefficient (Wildman–Crippen LogP) is 5.37. The summed E-state index contributed by atoms with van der Waals surface area (Å²) in [4.78, 5) is 47.8. The van der Waals surface area contributed by atoms with E-state index in [1.807, 2.05) is 0 Å². The number of aryl methyl sites for hydroxylation is 1. The van der Waals surface area contributed by atoms with Gasteiger partial charge in [-0.3, -0.25) is 29.2 Å². The van der Waals surface area contributed by atoms with Crippen LogP contribution in [0.1, 0.15) is 42.9 Å². The Labute approximate surface area is 233 Å². The fraction of sp³-hybridized carbons (Fsp3) is 0.310. The van der Waals surface area contributed by atoms with Crippen LogP contribution in [0.4, 0.5) is 24.5 Å². The first-order chi connectivity index (χ1) is 19.0. The van der Waals surface area contributed by atoms with Crippen LogP contribution >= 0.6 is 11.6 Å². The van der Waals surface area contributed by atoms with E-state index in [0.29, 0.717) is 5.69 Å². The van der Waals surface area contributed by atoms with Gasteiger partial charge in [0, 0.05) is 47.8 Å². The highest BCUT2D eigenvalue weighted by molar-refractivity contribution is 6.31. The largest absolute Gasteiger partial charge is 0.351 e. The Morgan fingerprint density at radius 1 is 1.12 bits per heavy atom. The maximum atomic E-state index is 14.5. The van der Waals surface area contributed by atoms with Gasteiger partial charge in [0.2, 0.25) is 11.8 Å². The number of halogens is 4. The molecule has 5 rings (SSSR count). The van der Waals surface area contributed by atoms with Crippen molar-refractivity contribution in [3.05, 3.63) is 89.0 Å². The summed E-state index contributed by atoms with van der Waals surface area (Å²) in [6.45, 7) is 1.80. The molecule has 2 aliphatic rings. The molecule has 2 atom stereocenters. The maximum absolute atomic E-state index is 14.5. The van der Waals surface area contributed by atoms with E-state index in [-0.39, 0.29) is 35.0 Å². The molecule has 1 saturated heterocycles. The number of aromatic nitrogens is 1. The highest BCUT2D eigenvalue weighted by Crippen LogP contribution is 2.40. The highest BCUT2D eigenvalue weighted by Gasteiger charge is 2.48. The number of hydrogen-bond acceptors (Lipinski definition) is 4. The van der Waals surface area contributed by atoms with Crippen LogP contribution in [0, 0.1) is 12.7 Å². The standard InChI is InChI=1S/C29H26ClF3N4O3/c1-17-11-21(16-34-15-17)36-24(9-10-25(36)38)28(40)37(20-6-4-5-18(31)12-20)26(22-7-2-3-8-23(22)30)27(39)35-19-13-29(32,33)14-19/h2-8,11-12,15-16,19,24,26H,9-10,13-14H2,1H3,(H,35,39)/t24-,26+/m0/s1. The molecule has 7 nitrogen and oxygen atoms in total. The molecule has 1 saturated carbocycles. The quantitative estimate of drug-likeness (QED) is 0.414. The van der Waals surface area contributed by atoms with E-state index in [4.69, 9.17) is 11.6 Å². The molecular formula is C29H26ClF3N4O3. The van der Waals surface area contributed by atoms with Gasteiger partial charge in [-0.05, 0) is 49.2 Å². The third-order valence-corrected chi connectivity index (χ3v) is 7.45. The third-order valence-electron chi connectivity index (χ3n) is 7.10. The topological polar surface area (TPSA) is 82.6 Å². The molecule has 1 N–H and O–H groups in total. The zero-order valence-corrected chi connectivity index (χ0v) is 22.2. The second-order valence-corrected chi connectivity index (χ2v) is 10.5. The fourth-order valence-corrected chi connectivity index (χ4v) is 5.48. The first kappa shape index (κ1) is 27.6. The number of anilines is 2. The molecule has 0 unspecified atom stereocenters. The highest BCUT2D eigenvalue weighted by atomic mass is 35.5. The summed E-state index contributed by atoms with van der Waals surface area (Å²) in [5, 5.41) is 2.76. The van der Waals surface area contributed by atoms with Crippen molar-refractivity contribution >= 4 is 40.7 Å². The number of alkyl halides is 2. The number of nitrogens with zero attached hydrogens (tertiary/aromatic N) is 3.